The minimum absolute atomic E-state index is 0.233. The van der Waals surface area contributed by atoms with Crippen molar-refractivity contribution < 1.29 is 9.84 Å². The molecule has 0 aliphatic heterocycles. The maximum absolute atomic E-state index is 9.76. The van der Waals surface area contributed by atoms with Gasteiger partial charge >= 0.3 is 0 Å². The molecule has 4 heteroatoms. The molecular formula is C13H20N2O2. The highest BCUT2D eigenvalue weighted by Crippen LogP contribution is 2.23. The summed E-state index contributed by atoms with van der Waals surface area (Å²) in [4.78, 5) is 6.50. The van der Waals surface area contributed by atoms with Gasteiger partial charge in [0.05, 0.1) is 13.7 Å². The third kappa shape index (κ3) is 4.07. The summed E-state index contributed by atoms with van der Waals surface area (Å²) in [5.74, 6) is 0.955. The Bertz CT molecular complexity index is 400. The van der Waals surface area contributed by atoms with Crippen molar-refractivity contribution in [1.29, 1.82) is 0 Å². The van der Waals surface area contributed by atoms with E-state index < -0.39 is 0 Å². The highest BCUT2D eigenvalue weighted by molar-refractivity contribution is 6.01. The number of ether oxygens (including phenoxy) is 1. The molecule has 0 bridgehead atoms. The van der Waals surface area contributed by atoms with Crippen LogP contribution < -0.4 is 4.74 Å². The second-order valence-electron chi connectivity index (χ2n) is 4.15. The molecule has 1 rings (SSSR count). The predicted octanol–water partition coefficient (Wildman–Crippen LogP) is 1.77. The molecular weight excluding hydrogens is 216 g/mol. The smallest absolute Gasteiger partial charge is 0.124 e. The fourth-order valence-electron chi connectivity index (χ4n) is 1.43. The number of likely N-dealkylation sites (N-methyl/N-ethyl adjacent to an activating group) is 1. The first-order chi connectivity index (χ1) is 8.04. The first kappa shape index (κ1) is 13.5. The fraction of sp³-hybridized carbons (Fsp3) is 0.462. The molecule has 0 saturated heterocycles. The topological polar surface area (TPSA) is 45.1 Å². The number of hydrogen-bond acceptors (Lipinski definition) is 4. The van der Waals surface area contributed by atoms with E-state index in [1.807, 2.05) is 21.0 Å². The van der Waals surface area contributed by atoms with Crippen LogP contribution in [0.25, 0.3) is 0 Å². The molecule has 1 N–H and O–H groups in total. The number of aromatic hydroxyl groups is 1. The average Bonchev–Trinajstić information content (AvgIpc) is 2.29. The zero-order valence-corrected chi connectivity index (χ0v) is 10.9. The van der Waals surface area contributed by atoms with E-state index in [0.29, 0.717) is 0 Å². The lowest BCUT2D eigenvalue weighted by atomic mass is 10.1. The molecule has 0 aliphatic carbocycles. The number of hydrogen-bond donors (Lipinski definition) is 1. The molecule has 0 saturated carbocycles. The molecule has 0 aliphatic rings. The van der Waals surface area contributed by atoms with Crippen molar-refractivity contribution in [2.24, 2.45) is 4.99 Å². The van der Waals surface area contributed by atoms with Crippen LogP contribution in [-0.4, -0.2) is 50.0 Å². The van der Waals surface area contributed by atoms with Gasteiger partial charge < -0.3 is 14.7 Å². The second kappa shape index (κ2) is 6.25. The number of aliphatic imine (C=N–C) groups is 1. The van der Waals surface area contributed by atoms with Gasteiger partial charge in [-0.1, -0.05) is 0 Å². The normalized spacial score (nSPS) is 11.9. The van der Waals surface area contributed by atoms with E-state index in [1.165, 1.54) is 0 Å². The highest BCUT2D eigenvalue weighted by atomic mass is 16.5. The third-order valence-electron chi connectivity index (χ3n) is 2.49. The van der Waals surface area contributed by atoms with E-state index >= 15 is 0 Å². The Morgan fingerprint density at radius 1 is 1.41 bits per heavy atom. The minimum atomic E-state index is 0.233. The van der Waals surface area contributed by atoms with Crippen molar-refractivity contribution in [3.8, 4) is 11.5 Å². The number of phenols is 1. The maximum atomic E-state index is 9.76. The van der Waals surface area contributed by atoms with Crippen LogP contribution >= 0.6 is 0 Å². The number of benzene rings is 1. The second-order valence-corrected chi connectivity index (χ2v) is 4.15. The van der Waals surface area contributed by atoms with E-state index in [2.05, 4.69) is 9.89 Å². The summed E-state index contributed by atoms with van der Waals surface area (Å²) in [7, 11) is 5.62. The lowest BCUT2D eigenvalue weighted by molar-refractivity contribution is 0.412. The Kier molecular flexibility index (Phi) is 4.97. The predicted molar refractivity (Wildman–Crippen MR) is 70.3 cm³/mol. The number of nitrogens with zero attached hydrogens (tertiary/aromatic N) is 2. The van der Waals surface area contributed by atoms with Gasteiger partial charge in [-0.05, 0) is 39.2 Å². The zero-order chi connectivity index (χ0) is 12.8. The molecule has 4 nitrogen and oxygen atoms in total. The van der Waals surface area contributed by atoms with Crippen molar-refractivity contribution in [3.63, 3.8) is 0 Å². The lowest BCUT2D eigenvalue weighted by Gasteiger charge is -2.09. The first-order valence-electron chi connectivity index (χ1n) is 5.57. The van der Waals surface area contributed by atoms with Crippen LogP contribution in [0.2, 0.25) is 0 Å². The van der Waals surface area contributed by atoms with Crippen LogP contribution in [0, 0.1) is 0 Å². The summed E-state index contributed by atoms with van der Waals surface area (Å²) in [6.45, 7) is 3.50. The van der Waals surface area contributed by atoms with E-state index in [1.54, 1.807) is 25.3 Å². The van der Waals surface area contributed by atoms with Gasteiger partial charge in [0, 0.05) is 17.8 Å². The molecule has 0 heterocycles. The van der Waals surface area contributed by atoms with E-state index in [0.717, 1.165) is 30.1 Å². The number of phenolic OH excluding ortho intramolecular Hbond substituents is 1. The summed E-state index contributed by atoms with van der Waals surface area (Å²) >= 11 is 0. The molecule has 0 aromatic heterocycles. The third-order valence-corrected chi connectivity index (χ3v) is 2.49. The Labute approximate surface area is 103 Å². The molecule has 0 atom stereocenters. The summed E-state index contributed by atoms with van der Waals surface area (Å²) in [6, 6.07) is 5.15. The molecule has 0 spiro atoms. The van der Waals surface area contributed by atoms with Gasteiger partial charge in [0.15, 0.2) is 0 Å². The SMILES string of the molecule is COc1ccc(O)c(C(C)=NCCN(C)C)c1. The molecule has 1 aromatic rings. The van der Waals surface area contributed by atoms with Crippen LogP contribution in [0.1, 0.15) is 12.5 Å². The van der Waals surface area contributed by atoms with Crippen LogP contribution in [0.3, 0.4) is 0 Å². The van der Waals surface area contributed by atoms with Gasteiger partial charge in [-0.25, -0.2) is 0 Å². The zero-order valence-electron chi connectivity index (χ0n) is 10.9. The van der Waals surface area contributed by atoms with E-state index in [4.69, 9.17) is 4.74 Å². The Balaban J connectivity index is 2.83. The molecule has 0 radical (unpaired) electrons. The number of rotatable bonds is 5. The van der Waals surface area contributed by atoms with Gasteiger partial charge in [0.25, 0.3) is 0 Å². The largest absolute Gasteiger partial charge is 0.507 e. The molecule has 1 aromatic carbocycles. The Hall–Kier alpha value is -1.55. The standard InChI is InChI=1S/C13H20N2O2/c1-10(14-7-8-15(2)3)12-9-11(17-4)5-6-13(12)16/h5-6,9,16H,7-8H2,1-4H3. The van der Waals surface area contributed by atoms with E-state index in [9.17, 15) is 5.11 Å². The molecule has 94 valence electrons. The fourth-order valence-corrected chi connectivity index (χ4v) is 1.43. The maximum Gasteiger partial charge on any atom is 0.124 e. The van der Waals surface area contributed by atoms with Crippen LogP contribution in [0.15, 0.2) is 23.2 Å². The van der Waals surface area contributed by atoms with Crippen LogP contribution in [0.5, 0.6) is 11.5 Å². The Morgan fingerprint density at radius 2 is 2.12 bits per heavy atom. The first-order valence-corrected chi connectivity index (χ1v) is 5.57. The van der Waals surface area contributed by atoms with E-state index in [-0.39, 0.29) is 5.75 Å². The lowest BCUT2D eigenvalue weighted by Crippen LogP contribution is -2.16. The molecule has 0 amide bonds. The van der Waals surface area contributed by atoms with Gasteiger partial charge in [0.2, 0.25) is 0 Å². The van der Waals surface area contributed by atoms with Gasteiger partial charge in [0.1, 0.15) is 11.5 Å². The van der Waals surface area contributed by atoms with Gasteiger partial charge in [-0.3, -0.25) is 4.99 Å². The van der Waals surface area contributed by atoms with Gasteiger partial charge in [-0.15, -0.1) is 0 Å². The summed E-state index contributed by atoms with van der Waals surface area (Å²) in [5.41, 5.74) is 1.55. The molecule has 0 fully saturated rings. The Morgan fingerprint density at radius 3 is 2.71 bits per heavy atom. The molecule has 0 unspecified atom stereocenters. The molecule has 17 heavy (non-hydrogen) atoms. The summed E-state index contributed by atoms with van der Waals surface area (Å²) < 4.78 is 5.13. The van der Waals surface area contributed by atoms with Gasteiger partial charge in [-0.2, -0.15) is 0 Å². The number of methoxy groups -OCH3 is 1. The highest BCUT2D eigenvalue weighted by Gasteiger charge is 2.06. The van der Waals surface area contributed by atoms with Crippen molar-refractivity contribution in [2.45, 2.75) is 6.92 Å². The summed E-state index contributed by atoms with van der Waals surface area (Å²) in [5, 5.41) is 9.76. The van der Waals surface area contributed by atoms with Crippen molar-refractivity contribution in [2.75, 3.05) is 34.3 Å². The summed E-state index contributed by atoms with van der Waals surface area (Å²) in [6.07, 6.45) is 0. The average molecular weight is 236 g/mol. The monoisotopic (exact) mass is 236 g/mol. The van der Waals surface area contributed by atoms with Crippen LogP contribution in [-0.2, 0) is 0 Å². The van der Waals surface area contributed by atoms with Crippen molar-refractivity contribution in [3.05, 3.63) is 23.8 Å². The quantitative estimate of drug-likeness (QED) is 0.792. The van der Waals surface area contributed by atoms with Crippen LogP contribution in [0.4, 0.5) is 0 Å². The van der Waals surface area contributed by atoms with Crippen molar-refractivity contribution >= 4 is 5.71 Å². The van der Waals surface area contributed by atoms with Crippen molar-refractivity contribution in [1.82, 2.24) is 4.90 Å². The minimum Gasteiger partial charge on any atom is -0.507 e.